The average molecular weight is 392 g/mol. The van der Waals surface area contributed by atoms with Crippen LogP contribution in [-0.4, -0.2) is 41.2 Å². The first-order valence-corrected chi connectivity index (χ1v) is 8.54. The van der Waals surface area contributed by atoms with Gasteiger partial charge in [-0.15, -0.1) is 12.4 Å². The summed E-state index contributed by atoms with van der Waals surface area (Å²) in [6, 6.07) is 15.3. The van der Waals surface area contributed by atoms with Crippen molar-refractivity contribution in [2.75, 3.05) is 19.6 Å². The van der Waals surface area contributed by atoms with Gasteiger partial charge in [-0.3, -0.25) is 9.59 Å². The van der Waals surface area contributed by atoms with E-state index in [0.29, 0.717) is 25.2 Å². The molecule has 0 radical (unpaired) electrons. The Morgan fingerprint density at radius 3 is 2.48 bits per heavy atom. The van der Waals surface area contributed by atoms with Crippen LogP contribution in [0.3, 0.4) is 0 Å². The van der Waals surface area contributed by atoms with Gasteiger partial charge in [-0.2, -0.15) is 0 Å². The predicted molar refractivity (Wildman–Crippen MR) is 104 cm³/mol. The molecule has 144 valence electrons. The normalized spacial score (nSPS) is 16.5. The molecule has 0 saturated carbocycles. The van der Waals surface area contributed by atoms with Crippen LogP contribution in [0.4, 0.5) is 4.39 Å². The molecule has 1 atom stereocenters. The van der Waals surface area contributed by atoms with Crippen molar-refractivity contribution in [3.05, 3.63) is 71.5 Å². The molecule has 2 N–H and O–H groups in total. The maximum absolute atomic E-state index is 13.3. The first kappa shape index (κ1) is 20.9. The van der Waals surface area contributed by atoms with E-state index in [9.17, 15) is 14.0 Å². The fraction of sp³-hybridized carbons (Fsp3) is 0.300. The van der Waals surface area contributed by atoms with Crippen molar-refractivity contribution in [1.82, 2.24) is 9.80 Å². The summed E-state index contributed by atoms with van der Waals surface area (Å²) in [5, 5.41) is 0. The van der Waals surface area contributed by atoms with Crippen LogP contribution in [0.5, 0.6) is 0 Å². The van der Waals surface area contributed by atoms with Crippen molar-refractivity contribution in [2.24, 2.45) is 5.73 Å². The van der Waals surface area contributed by atoms with Crippen molar-refractivity contribution >= 4 is 24.2 Å². The summed E-state index contributed by atoms with van der Waals surface area (Å²) >= 11 is 0. The van der Waals surface area contributed by atoms with Crippen LogP contribution in [0.2, 0.25) is 0 Å². The van der Waals surface area contributed by atoms with Crippen molar-refractivity contribution in [3.63, 3.8) is 0 Å². The molecule has 1 aliphatic rings. The zero-order valence-electron chi connectivity index (χ0n) is 15.1. The van der Waals surface area contributed by atoms with Gasteiger partial charge < -0.3 is 15.5 Å². The topological polar surface area (TPSA) is 66.6 Å². The molecular formula is C20H23ClFN3O2. The number of amides is 2. The summed E-state index contributed by atoms with van der Waals surface area (Å²) in [5.74, 6) is -0.772. The van der Waals surface area contributed by atoms with E-state index in [-0.39, 0.29) is 36.6 Å². The van der Waals surface area contributed by atoms with Crippen LogP contribution in [0.1, 0.15) is 18.1 Å². The van der Waals surface area contributed by atoms with E-state index < -0.39 is 5.54 Å². The Hall–Kier alpha value is -2.44. The lowest BCUT2D eigenvalue weighted by atomic mass is 9.91. The Labute approximate surface area is 164 Å². The molecule has 7 heteroatoms. The smallest absolute Gasteiger partial charge is 0.247 e. The molecule has 1 saturated heterocycles. The van der Waals surface area contributed by atoms with E-state index in [1.807, 2.05) is 18.2 Å². The van der Waals surface area contributed by atoms with Gasteiger partial charge in [0.25, 0.3) is 0 Å². The summed E-state index contributed by atoms with van der Waals surface area (Å²) in [7, 11) is 0. The molecule has 0 aromatic heterocycles. The molecular weight excluding hydrogens is 369 g/mol. The Bertz CT molecular complexity index is 814. The molecule has 2 aromatic carbocycles. The maximum Gasteiger partial charge on any atom is 0.247 e. The highest BCUT2D eigenvalue weighted by molar-refractivity contribution is 5.91. The van der Waals surface area contributed by atoms with Gasteiger partial charge in [-0.1, -0.05) is 42.5 Å². The molecule has 0 spiro atoms. The van der Waals surface area contributed by atoms with Gasteiger partial charge in [0.1, 0.15) is 11.4 Å². The van der Waals surface area contributed by atoms with E-state index in [2.05, 4.69) is 0 Å². The second-order valence-electron chi connectivity index (χ2n) is 6.74. The summed E-state index contributed by atoms with van der Waals surface area (Å²) in [6.07, 6.45) is 0. The van der Waals surface area contributed by atoms with Crippen LogP contribution >= 0.6 is 12.4 Å². The zero-order valence-corrected chi connectivity index (χ0v) is 15.9. The molecule has 0 bridgehead atoms. The highest BCUT2D eigenvalue weighted by Gasteiger charge is 2.37. The zero-order chi connectivity index (χ0) is 18.7. The van der Waals surface area contributed by atoms with Gasteiger partial charge >= 0.3 is 0 Å². The molecule has 1 fully saturated rings. The van der Waals surface area contributed by atoms with Gasteiger partial charge in [0.05, 0.1) is 6.54 Å². The first-order valence-electron chi connectivity index (χ1n) is 8.54. The third-order valence-electron chi connectivity index (χ3n) is 4.69. The Kier molecular flexibility index (Phi) is 6.57. The van der Waals surface area contributed by atoms with E-state index >= 15 is 0 Å². The number of halogens is 2. The number of piperazine rings is 1. The summed E-state index contributed by atoms with van der Waals surface area (Å²) in [5.41, 5.74) is 6.52. The average Bonchev–Trinajstić information content (AvgIpc) is 2.63. The van der Waals surface area contributed by atoms with Crippen LogP contribution in [0.15, 0.2) is 54.6 Å². The Balaban J connectivity index is 0.00000261. The highest BCUT2D eigenvalue weighted by atomic mass is 35.5. The van der Waals surface area contributed by atoms with E-state index in [4.69, 9.17) is 5.73 Å². The monoisotopic (exact) mass is 391 g/mol. The maximum atomic E-state index is 13.3. The van der Waals surface area contributed by atoms with E-state index in [1.54, 1.807) is 36.1 Å². The lowest BCUT2D eigenvalue weighted by Gasteiger charge is -2.38. The number of benzene rings is 2. The molecule has 1 aliphatic heterocycles. The number of nitrogens with zero attached hydrogens (tertiary/aromatic N) is 2. The molecule has 0 aliphatic carbocycles. The quantitative estimate of drug-likeness (QED) is 0.869. The van der Waals surface area contributed by atoms with Gasteiger partial charge in [0, 0.05) is 19.6 Å². The molecule has 2 aromatic rings. The Morgan fingerprint density at radius 1 is 1.15 bits per heavy atom. The Morgan fingerprint density at radius 2 is 1.85 bits per heavy atom. The van der Waals surface area contributed by atoms with Crippen LogP contribution in [0, 0.1) is 5.82 Å². The number of carbonyl (C=O) groups is 2. The van der Waals surface area contributed by atoms with Gasteiger partial charge in [0.15, 0.2) is 0 Å². The fourth-order valence-corrected chi connectivity index (χ4v) is 3.14. The SMILES string of the molecule is CC(N)(C(=O)N1CCN(Cc2cccc(F)c2)C(=O)C1)c1ccccc1.Cl. The minimum absolute atomic E-state index is 0. The van der Waals surface area contributed by atoms with E-state index in [1.165, 1.54) is 17.0 Å². The minimum Gasteiger partial charge on any atom is -0.335 e. The molecule has 2 amide bonds. The minimum atomic E-state index is -1.19. The number of hydrogen-bond donors (Lipinski definition) is 1. The third kappa shape index (κ3) is 4.64. The second kappa shape index (κ2) is 8.50. The standard InChI is InChI=1S/C20H22FN3O2.ClH/c1-20(22,16-7-3-2-4-8-16)19(26)24-11-10-23(18(25)14-24)13-15-6-5-9-17(21)12-15;/h2-9,12H,10-11,13-14,22H2,1H3;1H. The van der Waals surface area contributed by atoms with Gasteiger partial charge in [-0.05, 0) is 30.2 Å². The van der Waals surface area contributed by atoms with Gasteiger partial charge in [0.2, 0.25) is 11.8 Å². The number of rotatable bonds is 4. The molecule has 5 nitrogen and oxygen atoms in total. The third-order valence-corrected chi connectivity index (χ3v) is 4.69. The van der Waals surface area contributed by atoms with Crippen LogP contribution in [-0.2, 0) is 21.7 Å². The first-order chi connectivity index (χ1) is 12.4. The number of carbonyl (C=O) groups excluding carboxylic acids is 2. The highest BCUT2D eigenvalue weighted by Crippen LogP contribution is 2.22. The summed E-state index contributed by atoms with van der Waals surface area (Å²) in [4.78, 5) is 28.4. The molecule has 3 rings (SSSR count). The predicted octanol–water partition coefficient (Wildman–Crippen LogP) is 2.29. The lowest BCUT2D eigenvalue weighted by Crippen LogP contribution is -2.58. The largest absolute Gasteiger partial charge is 0.335 e. The summed E-state index contributed by atoms with van der Waals surface area (Å²) < 4.78 is 13.3. The van der Waals surface area contributed by atoms with Crippen molar-refractivity contribution in [2.45, 2.75) is 19.0 Å². The van der Waals surface area contributed by atoms with Crippen molar-refractivity contribution < 1.29 is 14.0 Å². The van der Waals surface area contributed by atoms with Crippen molar-refractivity contribution in [3.8, 4) is 0 Å². The van der Waals surface area contributed by atoms with Gasteiger partial charge in [-0.25, -0.2) is 4.39 Å². The van der Waals surface area contributed by atoms with Crippen LogP contribution in [0.25, 0.3) is 0 Å². The van der Waals surface area contributed by atoms with Crippen LogP contribution < -0.4 is 5.73 Å². The molecule has 1 unspecified atom stereocenters. The second-order valence-corrected chi connectivity index (χ2v) is 6.74. The fourth-order valence-electron chi connectivity index (χ4n) is 3.14. The van der Waals surface area contributed by atoms with Crippen molar-refractivity contribution in [1.29, 1.82) is 0 Å². The van der Waals surface area contributed by atoms with E-state index in [0.717, 1.165) is 5.56 Å². The molecule has 1 heterocycles. The number of hydrogen-bond acceptors (Lipinski definition) is 3. The number of nitrogens with two attached hydrogens (primary N) is 1. The summed E-state index contributed by atoms with van der Waals surface area (Å²) in [6.45, 7) is 2.77. The lowest BCUT2D eigenvalue weighted by molar-refractivity contribution is -0.148. The molecule has 27 heavy (non-hydrogen) atoms.